The maximum Gasteiger partial charge on any atom is 0.135 e. The highest BCUT2D eigenvalue weighted by molar-refractivity contribution is 6.06. The van der Waals surface area contributed by atoms with E-state index in [-0.39, 0.29) is 0 Å². The van der Waals surface area contributed by atoms with E-state index in [9.17, 15) is 0 Å². The molecule has 0 N–H and O–H groups in total. The van der Waals surface area contributed by atoms with Crippen LogP contribution >= 0.6 is 0 Å². The summed E-state index contributed by atoms with van der Waals surface area (Å²) in [7, 11) is 0. The number of nitrogens with zero attached hydrogens (tertiary/aromatic N) is 1. The second-order valence-electron chi connectivity index (χ2n) is 7.70. The Hall–Kier alpha value is -4.17. The molecule has 2 heterocycles. The number of hydrogen-bond donors (Lipinski definition) is 0. The highest BCUT2D eigenvalue weighted by atomic mass is 16.3. The van der Waals surface area contributed by atoms with E-state index in [1.54, 1.807) is 0 Å². The number of furan rings is 1. The number of rotatable bonds is 3. The van der Waals surface area contributed by atoms with E-state index in [2.05, 4.69) is 83.8 Å². The predicted octanol–water partition coefficient (Wildman–Crippen LogP) is 7.98. The first-order valence-electron chi connectivity index (χ1n) is 10.4. The van der Waals surface area contributed by atoms with Gasteiger partial charge in [0.05, 0.1) is 0 Å². The van der Waals surface area contributed by atoms with Gasteiger partial charge in [-0.05, 0) is 69.8 Å². The third-order valence-electron chi connectivity index (χ3n) is 5.80. The summed E-state index contributed by atoms with van der Waals surface area (Å²) in [5.41, 5.74) is 9.02. The van der Waals surface area contributed by atoms with Crippen molar-refractivity contribution in [2.75, 3.05) is 0 Å². The third-order valence-corrected chi connectivity index (χ3v) is 5.80. The monoisotopic (exact) mass is 397 g/mol. The van der Waals surface area contributed by atoms with Crippen molar-refractivity contribution >= 4 is 21.9 Å². The van der Waals surface area contributed by atoms with Crippen LogP contribution in [-0.4, -0.2) is 4.98 Å². The van der Waals surface area contributed by atoms with Crippen molar-refractivity contribution in [2.45, 2.75) is 0 Å². The van der Waals surface area contributed by atoms with Crippen LogP contribution in [0.2, 0.25) is 0 Å². The van der Waals surface area contributed by atoms with Gasteiger partial charge >= 0.3 is 0 Å². The highest BCUT2D eigenvalue weighted by Crippen LogP contribution is 2.34. The van der Waals surface area contributed by atoms with E-state index in [4.69, 9.17) is 4.42 Å². The molecule has 146 valence electrons. The molecule has 0 saturated heterocycles. The maximum absolute atomic E-state index is 5.98. The normalized spacial score (nSPS) is 11.2. The summed E-state index contributed by atoms with van der Waals surface area (Å²) in [6, 6.07) is 36.1. The Morgan fingerprint density at radius 2 is 1.00 bits per heavy atom. The van der Waals surface area contributed by atoms with Crippen molar-refractivity contribution in [3.8, 4) is 33.4 Å². The zero-order chi connectivity index (χ0) is 20.6. The zero-order valence-electron chi connectivity index (χ0n) is 16.8. The molecule has 0 amide bonds. The van der Waals surface area contributed by atoms with Crippen LogP contribution in [0, 0.1) is 0 Å². The van der Waals surface area contributed by atoms with Gasteiger partial charge in [-0.1, -0.05) is 66.7 Å². The number of para-hydroxylation sites is 1. The minimum atomic E-state index is 0.924. The molecule has 6 aromatic rings. The fraction of sp³-hybridized carbons (Fsp3) is 0. The van der Waals surface area contributed by atoms with Crippen LogP contribution in [0.3, 0.4) is 0 Å². The number of hydrogen-bond acceptors (Lipinski definition) is 2. The Balaban J connectivity index is 1.38. The van der Waals surface area contributed by atoms with Crippen LogP contribution < -0.4 is 0 Å². The van der Waals surface area contributed by atoms with Gasteiger partial charge in [0.15, 0.2) is 0 Å². The minimum absolute atomic E-state index is 0.924. The van der Waals surface area contributed by atoms with Gasteiger partial charge in [0.2, 0.25) is 0 Å². The summed E-state index contributed by atoms with van der Waals surface area (Å²) < 4.78 is 5.98. The molecule has 0 atom stereocenters. The first-order chi connectivity index (χ1) is 15.3. The molecule has 2 heteroatoms. The van der Waals surface area contributed by atoms with E-state index in [1.807, 2.05) is 36.7 Å². The summed E-state index contributed by atoms with van der Waals surface area (Å²) >= 11 is 0. The molecule has 4 aromatic carbocycles. The Morgan fingerprint density at radius 3 is 1.81 bits per heavy atom. The van der Waals surface area contributed by atoms with Crippen LogP contribution in [-0.2, 0) is 0 Å². The van der Waals surface area contributed by atoms with E-state index < -0.39 is 0 Å². The van der Waals surface area contributed by atoms with Gasteiger partial charge in [-0.3, -0.25) is 4.98 Å². The molecule has 0 aliphatic carbocycles. The van der Waals surface area contributed by atoms with Crippen molar-refractivity contribution in [3.05, 3.63) is 116 Å². The lowest BCUT2D eigenvalue weighted by Crippen LogP contribution is -1.83. The third kappa shape index (κ3) is 3.19. The summed E-state index contributed by atoms with van der Waals surface area (Å²) in [4.78, 5) is 4.10. The van der Waals surface area contributed by atoms with Crippen molar-refractivity contribution < 1.29 is 4.42 Å². The van der Waals surface area contributed by atoms with Crippen LogP contribution in [0.1, 0.15) is 0 Å². The average Bonchev–Trinajstić information content (AvgIpc) is 3.23. The lowest BCUT2D eigenvalue weighted by molar-refractivity contribution is 0.669. The molecule has 0 spiro atoms. The topological polar surface area (TPSA) is 26.0 Å². The molecule has 6 rings (SSSR count). The minimum Gasteiger partial charge on any atom is -0.456 e. The SMILES string of the molecule is c1cc(-c2ccc(-c3ccncc3)cc2)cc(-c2ccc3oc4ccccc4c3c2)c1. The second-order valence-corrected chi connectivity index (χ2v) is 7.70. The van der Waals surface area contributed by atoms with Crippen LogP contribution in [0.15, 0.2) is 120 Å². The number of benzene rings is 4. The number of aromatic nitrogens is 1. The molecule has 2 nitrogen and oxygen atoms in total. The lowest BCUT2D eigenvalue weighted by atomic mass is 9.96. The fourth-order valence-electron chi connectivity index (χ4n) is 4.18. The molecule has 0 bridgehead atoms. The molecule has 0 saturated carbocycles. The van der Waals surface area contributed by atoms with Crippen molar-refractivity contribution in [2.24, 2.45) is 0 Å². The van der Waals surface area contributed by atoms with Gasteiger partial charge in [-0.15, -0.1) is 0 Å². The van der Waals surface area contributed by atoms with Gasteiger partial charge < -0.3 is 4.42 Å². The largest absolute Gasteiger partial charge is 0.456 e. The van der Waals surface area contributed by atoms with Crippen molar-refractivity contribution in [1.82, 2.24) is 4.98 Å². The van der Waals surface area contributed by atoms with E-state index >= 15 is 0 Å². The highest BCUT2D eigenvalue weighted by Gasteiger charge is 2.09. The lowest BCUT2D eigenvalue weighted by Gasteiger charge is -2.08. The Labute approximate surface area is 180 Å². The molecular weight excluding hydrogens is 378 g/mol. The van der Waals surface area contributed by atoms with E-state index in [1.165, 1.54) is 33.4 Å². The maximum atomic E-state index is 5.98. The summed E-state index contributed by atoms with van der Waals surface area (Å²) in [6.07, 6.45) is 3.65. The van der Waals surface area contributed by atoms with E-state index in [0.29, 0.717) is 0 Å². The average molecular weight is 397 g/mol. The molecular formula is C29H19NO. The number of fused-ring (bicyclic) bond motifs is 3. The smallest absolute Gasteiger partial charge is 0.135 e. The number of pyridine rings is 1. The van der Waals surface area contributed by atoms with Crippen molar-refractivity contribution in [1.29, 1.82) is 0 Å². The summed E-state index contributed by atoms with van der Waals surface area (Å²) in [5.74, 6) is 0. The molecule has 31 heavy (non-hydrogen) atoms. The molecule has 0 unspecified atom stereocenters. The fourth-order valence-corrected chi connectivity index (χ4v) is 4.18. The van der Waals surface area contributed by atoms with Crippen LogP contribution in [0.4, 0.5) is 0 Å². The second kappa shape index (κ2) is 7.26. The molecule has 0 radical (unpaired) electrons. The molecule has 0 fully saturated rings. The van der Waals surface area contributed by atoms with Gasteiger partial charge in [0.1, 0.15) is 11.2 Å². The Kier molecular flexibility index (Phi) is 4.14. The molecule has 0 aliphatic rings. The van der Waals surface area contributed by atoms with Crippen LogP contribution in [0.25, 0.3) is 55.3 Å². The van der Waals surface area contributed by atoms with Crippen molar-refractivity contribution in [3.63, 3.8) is 0 Å². The standard InChI is InChI=1S/C29H19NO/c1-2-7-28-26(6-1)27-19-25(12-13-29(27)31-28)24-5-3-4-23(18-24)21-10-8-20(9-11-21)22-14-16-30-17-15-22/h1-19H. The van der Waals surface area contributed by atoms with Gasteiger partial charge in [0.25, 0.3) is 0 Å². The van der Waals surface area contributed by atoms with Gasteiger partial charge in [-0.25, -0.2) is 0 Å². The Bertz CT molecular complexity index is 1510. The first-order valence-corrected chi connectivity index (χ1v) is 10.4. The zero-order valence-corrected chi connectivity index (χ0v) is 16.8. The van der Waals surface area contributed by atoms with Crippen LogP contribution in [0.5, 0.6) is 0 Å². The Morgan fingerprint density at radius 1 is 0.419 bits per heavy atom. The summed E-state index contributed by atoms with van der Waals surface area (Å²) in [5, 5.41) is 2.31. The predicted molar refractivity (Wildman–Crippen MR) is 128 cm³/mol. The first kappa shape index (κ1) is 17.7. The molecule has 2 aromatic heterocycles. The summed E-state index contributed by atoms with van der Waals surface area (Å²) in [6.45, 7) is 0. The molecule has 0 aliphatic heterocycles. The van der Waals surface area contributed by atoms with Gasteiger partial charge in [0, 0.05) is 23.2 Å². The van der Waals surface area contributed by atoms with E-state index in [0.717, 1.165) is 21.9 Å². The van der Waals surface area contributed by atoms with Gasteiger partial charge in [-0.2, -0.15) is 0 Å². The quantitative estimate of drug-likeness (QED) is 0.302.